The number of pyridine rings is 2. The number of halogens is 6. The molecule has 0 amide bonds. The van der Waals surface area contributed by atoms with Gasteiger partial charge in [-0.1, -0.05) is 11.6 Å². The number of hydrogen-bond donors (Lipinski definition) is 1. The summed E-state index contributed by atoms with van der Waals surface area (Å²) in [5.74, 6) is -0.301. The molecule has 0 saturated carbocycles. The molecule has 0 saturated heterocycles. The van der Waals surface area contributed by atoms with Gasteiger partial charge in [0.15, 0.2) is 0 Å². The average molecular weight is 324 g/mol. The molecule has 0 aliphatic heterocycles. The lowest BCUT2D eigenvalue weighted by molar-refractivity contribution is -0.137. The Kier molecular flexibility index (Phi) is 4.26. The first-order valence-electron chi connectivity index (χ1n) is 5.51. The third-order valence-electron chi connectivity index (χ3n) is 2.41. The summed E-state index contributed by atoms with van der Waals surface area (Å²) in [5, 5.41) is 2.21. The standard InChI is InChI=1S/C12H7ClF5N3/c13-8-3-6(11(14)15)4-10(20-8)21-9-5-7(1-2-19-9)12(16,17)18/h1-5,11H,(H,19,20,21). The maximum atomic E-state index is 12.6. The van der Waals surface area contributed by atoms with Crippen LogP contribution >= 0.6 is 11.6 Å². The van der Waals surface area contributed by atoms with Crippen LogP contribution in [-0.4, -0.2) is 9.97 Å². The van der Waals surface area contributed by atoms with Crippen molar-refractivity contribution in [1.82, 2.24) is 9.97 Å². The van der Waals surface area contributed by atoms with Crippen molar-refractivity contribution in [1.29, 1.82) is 0 Å². The van der Waals surface area contributed by atoms with Crippen LogP contribution in [0.2, 0.25) is 5.15 Å². The highest BCUT2D eigenvalue weighted by molar-refractivity contribution is 6.29. The molecule has 0 aliphatic rings. The second-order valence-electron chi connectivity index (χ2n) is 3.96. The fourth-order valence-electron chi connectivity index (χ4n) is 1.51. The first kappa shape index (κ1) is 15.4. The van der Waals surface area contributed by atoms with Gasteiger partial charge in [0.2, 0.25) is 0 Å². The van der Waals surface area contributed by atoms with Crippen LogP contribution in [0.5, 0.6) is 0 Å². The van der Waals surface area contributed by atoms with Crippen molar-refractivity contribution < 1.29 is 22.0 Å². The minimum Gasteiger partial charge on any atom is -0.325 e. The zero-order valence-electron chi connectivity index (χ0n) is 10.1. The molecular formula is C12H7ClF5N3. The molecular weight excluding hydrogens is 317 g/mol. The van der Waals surface area contributed by atoms with E-state index in [1.807, 2.05) is 0 Å². The lowest BCUT2D eigenvalue weighted by Crippen LogP contribution is -2.06. The summed E-state index contributed by atoms with van der Waals surface area (Å²) in [7, 11) is 0. The molecule has 0 bridgehead atoms. The van der Waals surface area contributed by atoms with Crippen molar-refractivity contribution in [3.8, 4) is 0 Å². The molecule has 3 nitrogen and oxygen atoms in total. The van der Waals surface area contributed by atoms with E-state index in [0.29, 0.717) is 0 Å². The summed E-state index contributed by atoms with van der Waals surface area (Å²) in [6, 6.07) is 3.49. The van der Waals surface area contributed by atoms with Gasteiger partial charge in [0.1, 0.15) is 16.8 Å². The lowest BCUT2D eigenvalue weighted by Gasteiger charge is -2.10. The molecule has 21 heavy (non-hydrogen) atoms. The van der Waals surface area contributed by atoms with Crippen LogP contribution in [0.1, 0.15) is 17.6 Å². The summed E-state index contributed by atoms with van der Waals surface area (Å²) in [6.45, 7) is 0. The van der Waals surface area contributed by atoms with E-state index in [9.17, 15) is 22.0 Å². The predicted molar refractivity (Wildman–Crippen MR) is 66.7 cm³/mol. The molecule has 0 aliphatic carbocycles. The lowest BCUT2D eigenvalue weighted by atomic mass is 10.2. The van der Waals surface area contributed by atoms with Crippen molar-refractivity contribution in [2.45, 2.75) is 12.6 Å². The van der Waals surface area contributed by atoms with Gasteiger partial charge in [0.25, 0.3) is 6.43 Å². The van der Waals surface area contributed by atoms with Gasteiger partial charge >= 0.3 is 6.18 Å². The van der Waals surface area contributed by atoms with E-state index in [1.165, 1.54) is 0 Å². The van der Waals surface area contributed by atoms with Gasteiger partial charge in [-0.2, -0.15) is 13.2 Å². The van der Waals surface area contributed by atoms with Crippen LogP contribution in [0, 0.1) is 0 Å². The van der Waals surface area contributed by atoms with E-state index < -0.39 is 23.7 Å². The van der Waals surface area contributed by atoms with Gasteiger partial charge in [-0.15, -0.1) is 0 Å². The minimum absolute atomic E-state index is 0.121. The second kappa shape index (κ2) is 5.80. The monoisotopic (exact) mass is 323 g/mol. The Labute approximate surface area is 120 Å². The Hall–Kier alpha value is -1.96. The highest BCUT2D eigenvalue weighted by atomic mass is 35.5. The van der Waals surface area contributed by atoms with Gasteiger partial charge in [0.05, 0.1) is 5.56 Å². The summed E-state index contributed by atoms with van der Waals surface area (Å²) >= 11 is 5.58. The van der Waals surface area contributed by atoms with Crippen LogP contribution < -0.4 is 5.32 Å². The van der Waals surface area contributed by atoms with E-state index >= 15 is 0 Å². The summed E-state index contributed by atoms with van der Waals surface area (Å²) < 4.78 is 62.9. The molecule has 2 heterocycles. The maximum absolute atomic E-state index is 12.6. The fraction of sp³-hybridized carbons (Fsp3) is 0.167. The summed E-state index contributed by atoms with van der Waals surface area (Å²) in [5.41, 5.74) is -1.32. The highest BCUT2D eigenvalue weighted by Gasteiger charge is 2.30. The van der Waals surface area contributed by atoms with Gasteiger partial charge in [0, 0.05) is 11.8 Å². The Morgan fingerprint density at radius 3 is 2.43 bits per heavy atom. The van der Waals surface area contributed by atoms with Gasteiger partial charge in [-0.05, 0) is 24.3 Å². The SMILES string of the molecule is FC(F)c1cc(Cl)nc(Nc2cc(C(F)(F)F)ccn2)c1. The van der Waals surface area contributed by atoms with E-state index in [4.69, 9.17) is 11.6 Å². The number of anilines is 2. The van der Waals surface area contributed by atoms with Crippen LogP contribution in [0.4, 0.5) is 33.6 Å². The van der Waals surface area contributed by atoms with Crippen molar-refractivity contribution in [2.24, 2.45) is 0 Å². The number of nitrogens with zero attached hydrogens (tertiary/aromatic N) is 2. The van der Waals surface area contributed by atoms with Gasteiger partial charge in [-0.3, -0.25) is 0 Å². The van der Waals surface area contributed by atoms with Crippen LogP contribution in [0.25, 0.3) is 0 Å². The van der Waals surface area contributed by atoms with Gasteiger partial charge in [-0.25, -0.2) is 18.7 Å². The molecule has 0 radical (unpaired) electrons. The van der Waals surface area contributed by atoms with Crippen molar-refractivity contribution in [2.75, 3.05) is 5.32 Å². The first-order chi connectivity index (χ1) is 9.75. The third-order valence-corrected chi connectivity index (χ3v) is 2.61. The molecule has 112 valence electrons. The van der Waals surface area contributed by atoms with Gasteiger partial charge < -0.3 is 5.32 Å². The fourth-order valence-corrected chi connectivity index (χ4v) is 1.73. The Morgan fingerprint density at radius 1 is 1.10 bits per heavy atom. The number of nitrogens with one attached hydrogen (secondary N) is 1. The van der Waals surface area contributed by atoms with E-state index in [2.05, 4.69) is 15.3 Å². The molecule has 0 aromatic carbocycles. The van der Waals surface area contributed by atoms with Crippen molar-refractivity contribution >= 4 is 23.2 Å². The number of hydrogen-bond acceptors (Lipinski definition) is 3. The zero-order valence-corrected chi connectivity index (χ0v) is 10.9. The van der Waals surface area contributed by atoms with Crippen LogP contribution in [-0.2, 0) is 6.18 Å². The molecule has 9 heteroatoms. The number of aromatic nitrogens is 2. The molecule has 0 atom stereocenters. The smallest absolute Gasteiger partial charge is 0.325 e. The molecule has 1 N–H and O–H groups in total. The number of rotatable bonds is 3. The predicted octanol–water partition coefficient (Wildman–Crippen LogP) is 4.83. The zero-order chi connectivity index (χ0) is 15.6. The molecule has 2 rings (SSSR count). The Bertz CT molecular complexity index is 645. The van der Waals surface area contributed by atoms with E-state index in [0.717, 1.165) is 30.5 Å². The topological polar surface area (TPSA) is 37.8 Å². The highest BCUT2D eigenvalue weighted by Crippen LogP contribution is 2.31. The average Bonchev–Trinajstić information content (AvgIpc) is 2.37. The van der Waals surface area contributed by atoms with E-state index in [-0.39, 0.29) is 16.8 Å². The van der Waals surface area contributed by atoms with Crippen LogP contribution in [0.15, 0.2) is 30.5 Å². The Balaban J connectivity index is 2.30. The third kappa shape index (κ3) is 4.01. The molecule has 0 spiro atoms. The largest absolute Gasteiger partial charge is 0.416 e. The molecule has 0 unspecified atom stereocenters. The maximum Gasteiger partial charge on any atom is 0.416 e. The number of alkyl halides is 5. The second-order valence-corrected chi connectivity index (χ2v) is 4.35. The first-order valence-corrected chi connectivity index (χ1v) is 5.89. The Morgan fingerprint density at radius 2 is 1.81 bits per heavy atom. The molecule has 2 aromatic rings. The minimum atomic E-state index is -4.53. The quantitative estimate of drug-likeness (QED) is 0.649. The normalized spacial score (nSPS) is 11.8. The van der Waals surface area contributed by atoms with Crippen LogP contribution in [0.3, 0.4) is 0 Å². The molecule has 2 aromatic heterocycles. The summed E-state index contributed by atoms with van der Waals surface area (Å²) in [4.78, 5) is 7.37. The molecule has 0 fully saturated rings. The van der Waals surface area contributed by atoms with Crippen molar-refractivity contribution in [3.63, 3.8) is 0 Å². The van der Waals surface area contributed by atoms with Crippen molar-refractivity contribution in [3.05, 3.63) is 46.7 Å². The van der Waals surface area contributed by atoms with E-state index in [1.54, 1.807) is 0 Å². The summed E-state index contributed by atoms with van der Waals surface area (Å²) in [6.07, 6.45) is -6.36.